The highest BCUT2D eigenvalue weighted by Gasteiger charge is 2.30. The van der Waals surface area contributed by atoms with E-state index in [4.69, 9.17) is 23.2 Å². The number of ketones is 2. The van der Waals surface area contributed by atoms with Crippen molar-refractivity contribution in [1.82, 2.24) is 25.0 Å². The van der Waals surface area contributed by atoms with Crippen LogP contribution in [0.4, 0.5) is 0 Å². The third kappa shape index (κ3) is 14.1. The number of carboxylic acids is 1. The molecule has 1 heterocycles. The quantitative estimate of drug-likeness (QED) is 0.185. The van der Waals surface area contributed by atoms with E-state index in [9.17, 15) is 29.1 Å². The fourth-order valence-corrected chi connectivity index (χ4v) is 5.18. The minimum absolute atomic E-state index is 0.195. The summed E-state index contributed by atoms with van der Waals surface area (Å²) in [4.78, 5) is 63.5. The zero-order valence-electron chi connectivity index (χ0n) is 26.5. The largest absolute Gasteiger partial charge is 0.481 e. The molecule has 0 bridgehead atoms. The van der Waals surface area contributed by atoms with E-state index in [1.807, 2.05) is 58.0 Å². The maximum Gasteiger partial charge on any atom is 0.304 e. The Bertz CT molecular complexity index is 1420. The van der Waals surface area contributed by atoms with Crippen molar-refractivity contribution in [1.29, 1.82) is 0 Å². The molecule has 2 amide bonds. The third-order valence-corrected chi connectivity index (χ3v) is 7.99. The molecule has 3 aromatic rings. The van der Waals surface area contributed by atoms with E-state index in [0.29, 0.717) is 21.4 Å². The van der Waals surface area contributed by atoms with E-state index in [-0.39, 0.29) is 25.4 Å². The smallest absolute Gasteiger partial charge is 0.304 e. The Morgan fingerprint density at radius 1 is 0.913 bits per heavy atom. The van der Waals surface area contributed by atoms with Crippen LogP contribution in [0.1, 0.15) is 59.4 Å². The van der Waals surface area contributed by atoms with E-state index in [1.165, 1.54) is 22.1 Å². The number of nitrogens with one attached hydrogen (secondary N) is 2. The van der Waals surface area contributed by atoms with Crippen LogP contribution >= 0.6 is 35.1 Å². The first-order valence-corrected chi connectivity index (χ1v) is 16.4. The van der Waals surface area contributed by atoms with E-state index in [0.717, 1.165) is 17.5 Å². The number of hydrogen-bond acceptors (Lipinski definition) is 8. The molecule has 0 fully saturated rings. The number of tetrazole rings is 1. The van der Waals surface area contributed by atoms with Gasteiger partial charge < -0.3 is 15.7 Å². The van der Waals surface area contributed by atoms with Crippen molar-refractivity contribution in [2.75, 3.05) is 6.54 Å². The maximum atomic E-state index is 13.1. The first-order valence-electron chi connectivity index (χ1n) is 14.8. The summed E-state index contributed by atoms with van der Waals surface area (Å²) in [5, 5.41) is 22.7. The number of halogens is 2. The molecule has 3 N–H and O–H groups in total. The van der Waals surface area contributed by atoms with E-state index in [1.54, 1.807) is 18.2 Å². The predicted octanol–water partition coefficient (Wildman–Crippen LogP) is 4.35. The van der Waals surface area contributed by atoms with Crippen LogP contribution in [0.15, 0.2) is 59.8 Å². The Hall–Kier alpha value is -3.81. The number of aliphatic carboxylic acids is 1. The Labute approximate surface area is 283 Å². The first kappa shape index (κ1) is 40.2. The van der Waals surface area contributed by atoms with Gasteiger partial charge in [0.15, 0.2) is 23.3 Å². The molecule has 0 aliphatic heterocycles. The lowest BCUT2D eigenvalue weighted by atomic mass is 9.92. The number of aromatic nitrogens is 4. The number of Topliss-reactive ketones (excluding diaryl/α,β-unsaturated/α-hetero) is 2. The Kier molecular flexibility index (Phi) is 19.1. The van der Waals surface area contributed by atoms with E-state index < -0.39 is 48.2 Å². The lowest BCUT2D eigenvalue weighted by molar-refractivity contribution is -0.802. The lowest BCUT2D eigenvalue weighted by Gasteiger charge is -2.17. The molecule has 0 aliphatic rings. The monoisotopic (exact) mass is 695 g/mol. The van der Waals surface area contributed by atoms with Crippen molar-refractivity contribution >= 4 is 64.5 Å². The second-order valence-electron chi connectivity index (χ2n) is 9.28. The molecule has 0 saturated carbocycles. The van der Waals surface area contributed by atoms with Crippen molar-refractivity contribution in [2.24, 2.45) is 5.92 Å². The molecule has 12 nitrogen and oxygen atoms in total. The van der Waals surface area contributed by atoms with Gasteiger partial charge in [-0.05, 0) is 35.8 Å². The Morgan fingerprint density at radius 3 is 2.15 bits per heavy atom. The summed E-state index contributed by atoms with van der Waals surface area (Å²) >= 11 is 13.5. The number of benzene rings is 2. The van der Waals surface area contributed by atoms with Crippen molar-refractivity contribution < 1.29 is 33.9 Å². The average Bonchev–Trinajstić information content (AvgIpc) is 3.48. The molecule has 2 atom stereocenters. The normalized spacial score (nSPS) is 11.5. The standard InChI is InChI=1S/C27H28Cl2N6O6S.2C2H6/c1-17(32-25(39)14-30-24(38)11-10-18-6-3-2-4-7-18)22(36)12-19(13-26(40)41)23(37)15-34-33-31-16-35(34)42-27-20(28)8-5-9-21(27)29;2*1-2/h2-9,16-17,19H,10-15H2,1H3,(H2-,30,32,38,39,40,41);2*1-2H3/p+1. The first-order chi connectivity index (χ1) is 22.0. The SMILES string of the molecule is CC.CC.CC(NC(=O)CNC(=O)CCc1ccccc1)C(=O)CC(CC(=O)O)C(=O)C[n+]1nncn1Sc1c(Cl)cccc1Cl. The molecule has 1 aromatic heterocycles. The molecule has 0 aliphatic carbocycles. The zero-order chi connectivity index (χ0) is 34.6. The molecule has 46 heavy (non-hydrogen) atoms. The minimum Gasteiger partial charge on any atom is -0.481 e. The molecular formula is C31H41Cl2N6O6S+. The van der Waals surface area contributed by atoms with Crippen LogP contribution in [0.5, 0.6) is 0 Å². The van der Waals surface area contributed by atoms with Crippen LogP contribution in [0.3, 0.4) is 0 Å². The number of rotatable bonds is 16. The van der Waals surface area contributed by atoms with Gasteiger partial charge in [0.1, 0.15) is 0 Å². The maximum absolute atomic E-state index is 13.1. The number of aryl methyl sites for hydroxylation is 1. The minimum atomic E-state index is -1.26. The van der Waals surface area contributed by atoms with Gasteiger partial charge in [-0.3, -0.25) is 24.0 Å². The highest BCUT2D eigenvalue weighted by atomic mass is 35.5. The van der Waals surface area contributed by atoms with Crippen molar-refractivity contribution in [2.45, 2.75) is 77.8 Å². The van der Waals surface area contributed by atoms with Crippen molar-refractivity contribution in [3.8, 4) is 0 Å². The fourth-order valence-electron chi connectivity index (χ4n) is 3.80. The highest BCUT2D eigenvalue weighted by Crippen LogP contribution is 2.33. The fraction of sp³-hybridized carbons (Fsp3) is 0.419. The highest BCUT2D eigenvalue weighted by molar-refractivity contribution is 7.97. The van der Waals surface area contributed by atoms with Gasteiger partial charge in [-0.25, -0.2) is 0 Å². The molecule has 2 aromatic carbocycles. The molecule has 3 rings (SSSR count). The summed E-state index contributed by atoms with van der Waals surface area (Å²) in [7, 11) is 0. The van der Waals surface area contributed by atoms with Gasteiger partial charge in [-0.15, -0.1) is 0 Å². The van der Waals surface area contributed by atoms with Crippen LogP contribution in [0, 0.1) is 5.92 Å². The zero-order valence-corrected chi connectivity index (χ0v) is 28.9. The van der Waals surface area contributed by atoms with Gasteiger partial charge in [0.2, 0.25) is 11.8 Å². The summed E-state index contributed by atoms with van der Waals surface area (Å²) in [6, 6.07) is 13.4. The van der Waals surface area contributed by atoms with Gasteiger partial charge in [0.05, 0.1) is 39.0 Å². The van der Waals surface area contributed by atoms with Gasteiger partial charge in [0, 0.05) is 30.7 Å². The Balaban J connectivity index is 0.00000254. The summed E-state index contributed by atoms with van der Waals surface area (Å²) in [5.41, 5.74) is 0.990. The van der Waals surface area contributed by atoms with Gasteiger partial charge in [0.25, 0.3) is 6.33 Å². The lowest BCUT2D eigenvalue weighted by Crippen LogP contribution is -2.49. The van der Waals surface area contributed by atoms with Crippen molar-refractivity contribution in [3.05, 3.63) is 70.5 Å². The number of carboxylic acid groups (broad SMARTS) is 1. The second kappa shape index (κ2) is 21.8. The molecule has 15 heteroatoms. The number of amides is 2. The number of carbonyl (C=O) groups is 5. The second-order valence-corrected chi connectivity index (χ2v) is 11.1. The summed E-state index contributed by atoms with van der Waals surface area (Å²) < 4.78 is 1.40. The molecule has 0 radical (unpaired) electrons. The van der Waals surface area contributed by atoms with E-state index >= 15 is 0 Å². The summed E-state index contributed by atoms with van der Waals surface area (Å²) in [6.07, 6.45) is 1.02. The molecule has 0 saturated heterocycles. The number of hydrogen-bond donors (Lipinski definition) is 3. The van der Waals surface area contributed by atoms with Crippen LogP contribution < -0.4 is 15.4 Å². The number of nitrogens with zero attached hydrogens (tertiary/aromatic N) is 4. The molecule has 2 unspecified atom stereocenters. The summed E-state index contributed by atoms with van der Waals surface area (Å²) in [6.45, 7) is 8.72. The van der Waals surface area contributed by atoms with Gasteiger partial charge in [-0.1, -0.05) is 91.4 Å². The molecule has 0 spiro atoms. The van der Waals surface area contributed by atoms with Gasteiger partial charge >= 0.3 is 5.97 Å². The van der Waals surface area contributed by atoms with E-state index in [2.05, 4.69) is 20.9 Å². The Morgan fingerprint density at radius 2 is 1.54 bits per heavy atom. The average molecular weight is 697 g/mol. The van der Waals surface area contributed by atoms with Crippen LogP contribution in [-0.4, -0.2) is 61.4 Å². The predicted molar refractivity (Wildman–Crippen MR) is 176 cm³/mol. The van der Waals surface area contributed by atoms with Crippen LogP contribution in [0.2, 0.25) is 10.0 Å². The topological polar surface area (TPSA) is 164 Å². The van der Waals surface area contributed by atoms with Crippen molar-refractivity contribution in [3.63, 3.8) is 0 Å². The van der Waals surface area contributed by atoms with Crippen LogP contribution in [0.25, 0.3) is 0 Å². The molecule has 250 valence electrons. The summed E-state index contributed by atoms with van der Waals surface area (Å²) in [5.74, 6) is -4.47. The van der Waals surface area contributed by atoms with Gasteiger partial charge in [-0.2, -0.15) is 0 Å². The van der Waals surface area contributed by atoms with Crippen LogP contribution in [-0.2, 0) is 36.9 Å². The molecular weight excluding hydrogens is 655 g/mol. The number of carbonyl (C=O) groups excluding carboxylic acids is 4. The third-order valence-electron chi connectivity index (χ3n) is 6.05.